The minimum Gasteiger partial charge on any atom is -0.497 e. The fourth-order valence-electron chi connectivity index (χ4n) is 3.89. The van der Waals surface area contributed by atoms with Crippen molar-refractivity contribution in [1.29, 1.82) is 0 Å². The molecule has 0 bridgehead atoms. The number of benzene rings is 2. The van der Waals surface area contributed by atoms with Crippen LogP contribution in [0.15, 0.2) is 42.5 Å². The minimum absolute atomic E-state index is 0.227. The number of anilines is 2. The van der Waals surface area contributed by atoms with Gasteiger partial charge in [0.25, 0.3) is 5.91 Å². The number of nitrogens with zero attached hydrogens (tertiary/aromatic N) is 1. The number of nitrogens with one attached hydrogen (secondary N) is 2. The van der Waals surface area contributed by atoms with Crippen LogP contribution in [0.1, 0.15) is 29.8 Å². The average Bonchev–Trinajstić information content (AvgIpc) is 3.27. The van der Waals surface area contributed by atoms with Gasteiger partial charge in [0, 0.05) is 35.9 Å². The number of carbonyl (C=O) groups excluding carboxylic acids is 2. The summed E-state index contributed by atoms with van der Waals surface area (Å²) in [6.45, 7) is 1.74. The molecule has 0 radical (unpaired) electrons. The van der Waals surface area contributed by atoms with Gasteiger partial charge in [-0.2, -0.15) is 0 Å². The first kappa shape index (κ1) is 21.5. The van der Waals surface area contributed by atoms with Crippen LogP contribution in [-0.2, 0) is 9.53 Å². The van der Waals surface area contributed by atoms with E-state index in [0.717, 1.165) is 24.2 Å². The van der Waals surface area contributed by atoms with Crippen molar-refractivity contribution in [3.8, 4) is 11.5 Å². The largest absolute Gasteiger partial charge is 0.497 e. The Hall–Kier alpha value is -3.68. The zero-order chi connectivity index (χ0) is 22.5. The number of ether oxygens (including phenoxy) is 3. The molecule has 0 saturated carbocycles. The van der Waals surface area contributed by atoms with Crippen LogP contribution in [0.5, 0.6) is 11.5 Å². The molecule has 2 heterocycles. The summed E-state index contributed by atoms with van der Waals surface area (Å²) in [6.07, 6.45) is 3.70. The van der Waals surface area contributed by atoms with E-state index in [0.29, 0.717) is 22.7 Å². The first-order chi connectivity index (χ1) is 15.6. The zero-order valence-corrected chi connectivity index (χ0v) is 18.3. The molecule has 0 spiro atoms. The lowest BCUT2D eigenvalue weighted by molar-refractivity contribution is -0.119. The highest BCUT2D eigenvalue weighted by Gasteiger charge is 2.16. The molecule has 1 aromatic heterocycles. The summed E-state index contributed by atoms with van der Waals surface area (Å²) in [6, 6.07) is 12.9. The van der Waals surface area contributed by atoms with E-state index in [1.165, 1.54) is 26.4 Å². The predicted molar refractivity (Wildman–Crippen MR) is 123 cm³/mol. The minimum atomic E-state index is -0.627. The Morgan fingerprint density at radius 3 is 2.44 bits per heavy atom. The van der Waals surface area contributed by atoms with E-state index in [1.807, 2.05) is 24.3 Å². The van der Waals surface area contributed by atoms with E-state index >= 15 is 0 Å². The van der Waals surface area contributed by atoms with E-state index < -0.39 is 11.9 Å². The Bertz CT molecular complexity index is 1100. The summed E-state index contributed by atoms with van der Waals surface area (Å²) in [5.74, 6) is 0.125. The maximum Gasteiger partial charge on any atom is 0.355 e. The van der Waals surface area contributed by atoms with Crippen molar-refractivity contribution >= 4 is 34.2 Å². The van der Waals surface area contributed by atoms with E-state index in [2.05, 4.69) is 15.2 Å². The number of aromatic nitrogens is 1. The number of methoxy groups -OCH3 is 2. The lowest BCUT2D eigenvalue weighted by Gasteiger charge is -2.28. The third-order valence-electron chi connectivity index (χ3n) is 5.55. The summed E-state index contributed by atoms with van der Waals surface area (Å²) in [7, 11) is 3.10. The van der Waals surface area contributed by atoms with Crippen LogP contribution in [-0.4, -0.2) is 50.8 Å². The zero-order valence-electron chi connectivity index (χ0n) is 18.3. The highest BCUT2D eigenvalue weighted by Crippen LogP contribution is 2.31. The summed E-state index contributed by atoms with van der Waals surface area (Å²) in [4.78, 5) is 30.0. The van der Waals surface area contributed by atoms with Gasteiger partial charge < -0.3 is 29.4 Å². The molecule has 0 atom stereocenters. The van der Waals surface area contributed by atoms with Crippen LogP contribution in [0.3, 0.4) is 0 Å². The SMILES string of the molecule is COc1cc(OC)c2[nH]c(C(=O)OCC(=O)Nc3ccc(N4CCCCC4)cc3)cc2c1. The number of fused-ring (bicyclic) bond motifs is 1. The molecular weight excluding hydrogens is 410 g/mol. The second-order valence-corrected chi connectivity index (χ2v) is 7.70. The van der Waals surface area contributed by atoms with Crippen molar-refractivity contribution in [1.82, 2.24) is 4.98 Å². The number of H-pyrrole nitrogens is 1. The predicted octanol–water partition coefficient (Wildman–Crippen LogP) is 3.97. The molecule has 8 heteroatoms. The highest BCUT2D eigenvalue weighted by atomic mass is 16.5. The van der Waals surface area contributed by atoms with Gasteiger partial charge in [-0.15, -0.1) is 0 Å². The van der Waals surface area contributed by atoms with Crippen LogP contribution < -0.4 is 19.7 Å². The highest BCUT2D eigenvalue weighted by molar-refractivity contribution is 5.99. The Kier molecular flexibility index (Phi) is 6.49. The maximum absolute atomic E-state index is 12.4. The number of esters is 1. The number of rotatable bonds is 7. The standard InChI is InChI=1S/C24H27N3O5/c1-30-19-12-16-13-20(26-23(16)21(14-19)31-2)24(29)32-15-22(28)25-17-6-8-18(9-7-17)27-10-4-3-5-11-27/h6-9,12-14,26H,3-5,10-11,15H2,1-2H3,(H,25,28). The van der Waals surface area contributed by atoms with Gasteiger partial charge in [0.05, 0.1) is 19.7 Å². The topological polar surface area (TPSA) is 92.9 Å². The van der Waals surface area contributed by atoms with Gasteiger partial charge in [-0.05, 0) is 55.7 Å². The second kappa shape index (κ2) is 9.64. The van der Waals surface area contributed by atoms with Gasteiger partial charge in [0.1, 0.15) is 17.2 Å². The fourth-order valence-corrected chi connectivity index (χ4v) is 3.89. The van der Waals surface area contributed by atoms with Crippen molar-refractivity contribution in [2.24, 2.45) is 0 Å². The Labute approximate surface area is 186 Å². The Morgan fingerprint density at radius 1 is 1.00 bits per heavy atom. The average molecular weight is 437 g/mol. The number of hydrogen-bond acceptors (Lipinski definition) is 6. The van der Waals surface area contributed by atoms with E-state index in [-0.39, 0.29) is 12.3 Å². The molecule has 0 unspecified atom stereocenters. The third-order valence-corrected chi connectivity index (χ3v) is 5.55. The summed E-state index contributed by atoms with van der Waals surface area (Å²) in [5.41, 5.74) is 2.69. The van der Waals surface area contributed by atoms with Gasteiger partial charge >= 0.3 is 5.97 Å². The van der Waals surface area contributed by atoms with Crippen LogP contribution in [0.4, 0.5) is 11.4 Å². The molecule has 8 nitrogen and oxygen atoms in total. The molecule has 0 aliphatic carbocycles. The molecule has 1 fully saturated rings. The molecule has 2 aromatic carbocycles. The lowest BCUT2D eigenvalue weighted by atomic mass is 10.1. The summed E-state index contributed by atoms with van der Waals surface area (Å²) >= 11 is 0. The van der Waals surface area contributed by atoms with E-state index in [1.54, 1.807) is 25.3 Å². The van der Waals surface area contributed by atoms with E-state index in [4.69, 9.17) is 14.2 Å². The van der Waals surface area contributed by atoms with Crippen molar-refractivity contribution in [2.75, 3.05) is 44.1 Å². The van der Waals surface area contributed by atoms with Gasteiger partial charge in [-0.3, -0.25) is 4.79 Å². The summed E-state index contributed by atoms with van der Waals surface area (Å²) in [5, 5.41) is 3.50. The normalized spacial score (nSPS) is 13.6. The van der Waals surface area contributed by atoms with Crippen LogP contribution in [0, 0.1) is 0 Å². The number of amides is 1. The van der Waals surface area contributed by atoms with Gasteiger partial charge in [-0.25, -0.2) is 4.79 Å². The monoisotopic (exact) mass is 437 g/mol. The van der Waals surface area contributed by atoms with Gasteiger partial charge in [0.2, 0.25) is 0 Å². The third kappa shape index (κ3) is 4.80. The van der Waals surface area contributed by atoms with Crippen LogP contribution in [0.2, 0.25) is 0 Å². The fraction of sp³-hybridized carbons (Fsp3) is 0.333. The number of hydrogen-bond donors (Lipinski definition) is 2. The first-order valence-electron chi connectivity index (χ1n) is 10.6. The van der Waals surface area contributed by atoms with Crippen molar-refractivity contribution in [3.63, 3.8) is 0 Å². The Balaban J connectivity index is 1.34. The van der Waals surface area contributed by atoms with Crippen LogP contribution >= 0.6 is 0 Å². The molecule has 2 N–H and O–H groups in total. The van der Waals surface area contributed by atoms with E-state index in [9.17, 15) is 9.59 Å². The molecule has 1 saturated heterocycles. The molecule has 1 aliphatic rings. The van der Waals surface area contributed by atoms with Crippen molar-refractivity contribution < 1.29 is 23.8 Å². The smallest absolute Gasteiger partial charge is 0.355 e. The molecule has 1 amide bonds. The molecule has 3 aromatic rings. The lowest BCUT2D eigenvalue weighted by Crippen LogP contribution is -2.29. The first-order valence-corrected chi connectivity index (χ1v) is 10.6. The van der Waals surface area contributed by atoms with Gasteiger partial charge in [0.15, 0.2) is 6.61 Å². The summed E-state index contributed by atoms with van der Waals surface area (Å²) < 4.78 is 15.8. The van der Waals surface area contributed by atoms with Crippen LogP contribution in [0.25, 0.3) is 10.9 Å². The Morgan fingerprint density at radius 2 is 1.75 bits per heavy atom. The maximum atomic E-state index is 12.4. The van der Waals surface area contributed by atoms with Crippen molar-refractivity contribution in [2.45, 2.75) is 19.3 Å². The second-order valence-electron chi connectivity index (χ2n) is 7.70. The number of piperidine rings is 1. The molecule has 1 aliphatic heterocycles. The number of carbonyl (C=O) groups is 2. The molecular formula is C24H27N3O5. The number of aromatic amines is 1. The molecule has 32 heavy (non-hydrogen) atoms. The van der Waals surface area contributed by atoms with Crippen molar-refractivity contribution in [3.05, 3.63) is 48.2 Å². The van der Waals surface area contributed by atoms with Gasteiger partial charge in [-0.1, -0.05) is 0 Å². The molecule has 4 rings (SSSR count). The molecule has 168 valence electrons. The quantitative estimate of drug-likeness (QED) is 0.544.